The van der Waals surface area contributed by atoms with Crippen molar-refractivity contribution in [2.24, 2.45) is 5.73 Å². The highest BCUT2D eigenvalue weighted by Crippen LogP contribution is 2.25. The number of rotatable bonds is 0. The fourth-order valence-corrected chi connectivity index (χ4v) is 3.27. The summed E-state index contributed by atoms with van der Waals surface area (Å²) in [5.41, 5.74) is 7.56. The van der Waals surface area contributed by atoms with E-state index in [1.807, 2.05) is 24.3 Å². The molecule has 70 valence electrons. The highest BCUT2D eigenvalue weighted by atomic mass is 32.2. The van der Waals surface area contributed by atoms with E-state index in [0.29, 0.717) is 0 Å². The van der Waals surface area contributed by atoms with Gasteiger partial charge in [-0.05, 0) is 11.1 Å². The van der Waals surface area contributed by atoms with Crippen molar-refractivity contribution in [3.63, 3.8) is 0 Å². The van der Waals surface area contributed by atoms with E-state index in [4.69, 9.17) is 5.73 Å². The van der Waals surface area contributed by atoms with Crippen LogP contribution < -0.4 is 5.73 Å². The Labute approximate surface area is 77.5 Å². The normalized spacial score (nSPS) is 25.2. The third kappa shape index (κ3) is 1.59. The highest BCUT2D eigenvalue weighted by Gasteiger charge is 2.26. The Morgan fingerprint density at radius 2 is 2.00 bits per heavy atom. The molecular weight excluding hydrogens is 186 g/mol. The van der Waals surface area contributed by atoms with Crippen LogP contribution in [0.5, 0.6) is 0 Å². The molecule has 0 bridgehead atoms. The molecule has 2 rings (SSSR count). The summed E-state index contributed by atoms with van der Waals surface area (Å²) in [7, 11) is -2.97. The summed E-state index contributed by atoms with van der Waals surface area (Å²) in [4.78, 5) is 0. The van der Waals surface area contributed by atoms with Crippen LogP contribution in [0.4, 0.5) is 0 Å². The smallest absolute Gasteiger partial charge is 0.156 e. The molecular formula is C9H11NO2S. The van der Waals surface area contributed by atoms with Crippen molar-refractivity contribution in [2.75, 3.05) is 5.75 Å². The summed E-state index contributed by atoms with van der Waals surface area (Å²) in [6, 6.07) is 7.10. The molecule has 0 aliphatic carbocycles. The number of fused-ring (bicyclic) bond motifs is 1. The van der Waals surface area contributed by atoms with E-state index in [9.17, 15) is 8.42 Å². The lowest BCUT2D eigenvalue weighted by atomic mass is 10.0. The first-order valence-electron chi connectivity index (χ1n) is 4.12. The van der Waals surface area contributed by atoms with Gasteiger partial charge in [0.15, 0.2) is 9.84 Å². The zero-order valence-corrected chi connectivity index (χ0v) is 7.92. The van der Waals surface area contributed by atoms with Crippen LogP contribution in [0.1, 0.15) is 17.2 Å². The second kappa shape index (κ2) is 2.82. The van der Waals surface area contributed by atoms with Gasteiger partial charge in [0.2, 0.25) is 0 Å². The number of hydrogen-bond donors (Lipinski definition) is 1. The quantitative estimate of drug-likeness (QED) is 0.663. The van der Waals surface area contributed by atoms with Crippen molar-refractivity contribution in [3.05, 3.63) is 35.4 Å². The van der Waals surface area contributed by atoms with Gasteiger partial charge in [-0.1, -0.05) is 24.3 Å². The third-order valence-corrected chi connectivity index (χ3v) is 3.88. The maximum atomic E-state index is 11.3. The van der Waals surface area contributed by atoms with E-state index in [1.54, 1.807) is 0 Å². The summed E-state index contributed by atoms with van der Waals surface area (Å²) >= 11 is 0. The van der Waals surface area contributed by atoms with Crippen LogP contribution in [0.3, 0.4) is 0 Å². The predicted molar refractivity (Wildman–Crippen MR) is 50.9 cm³/mol. The minimum absolute atomic E-state index is 0.0734. The third-order valence-electron chi connectivity index (χ3n) is 2.26. The van der Waals surface area contributed by atoms with Crippen LogP contribution in [0.25, 0.3) is 0 Å². The molecule has 1 aliphatic heterocycles. The van der Waals surface area contributed by atoms with Crippen molar-refractivity contribution in [3.8, 4) is 0 Å². The van der Waals surface area contributed by atoms with E-state index in [-0.39, 0.29) is 17.5 Å². The molecule has 0 radical (unpaired) electrons. The van der Waals surface area contributed by atoms with Crippen LogP contribution in [-0.2, 0) is 15.6 Å². The maximum Gasteiger partial charge on any atom is 0.156 e. The summed E-state index contributed by atoms with van der Waals surface area (Å²) in [5, 5.41) is 0. The van der Waals surface area contributed by atoms with Crippen molar-refractivity contribution < 1.29 is 8.42 Å². The van der Waals surface area contributed by atoms with Gasteiger partial charge in [0.05, 0.1) is 11.5 Å². The van der Waals surface area contributed by atoms with Gasteiger partial charge in [0.1, 0.15) is 0 Å². The van der Waals surface area contributed by atoms with E-state index in [0.717, 1.165) is 11.1 Å². The number of nitrogens with two attached hydrogens (primary N) is 1. The molecule has 1 atom stereocenters. The molecule has 0 fully saturated rings. The molecule has 1 aromatic rings. The lowest BCUT2D eigenvalue weighted by Crippen LogP contribution is -2.28. The lowest BCUT2D eigenvalue weighted by Gasteiger charge is -2.21. The summed E-state index contributed by atoms with van der Waals surface area (Å²) in [6.07, 6.45) is 0. The Balaban J connectivity index is 2.55. The average Bonchev–Trinajstić information content (AvgIpc) is 2.02. The largest absolute Gasteiger partial charge is 0.323 e. The van der Waals surface area contributed by atoms with Crippen LogP contribution in [-0.4, -0.2) is 14.2 Å². The maximum absolute atomic E-state index is 11.3. The first-order valence-corrected chi connectivity index (χ1v) is 5.94. The number of benzene rings is 1. The van der Waals surface area contributed by atoms with E-state index in [2.05, 4.69) is 0 Å². The number of hydrogen-bond acceptors (Lipinski definition) is 3. The SMILES string of the molecule is N[C@@H]1CS(=O)(=O)Cc2ccccc21. The summed E-state index contributed by atoms with van der Waals surface area (Å²) in [6.45, 7) is 0. The van der Waals surface area contributed by atoms with Gasteiger partial charge in [0.25, 0.3) is 0 Å². The standard InChI is InChI=1S/C9H11NO2S/c10-9-6-13(11,12)5-7-3-1-2-4-8(7)9/h1-4,9H,5-6,10H2/t9-/m1/s1. The molecule has 4 heteroatoms. The van der Waals surface area contributed by atoms with Crippen molar-refractivity contribution in [2.45, 2.75) is 11.8 Å². The van der Waals surface area contributed by atoms with Crippen LogP contribution >= 0.6 is 0 Å². The minimum Gasteiger partial charge on any atom is -0.323 e. The van der Waals surface area contributed by atoms with Gasteiger partial charge >= 0.3 is 0 Å². The molecule has 2 N–H and O–H groups in total. The second-order valence-corrected chi connectivity index (χ2v) is 5.47. The van der Waals surface area contributed by atoms with Gasteiger partial charge in [-0.15, -0.1) is 0 Å². The van der Waals surface area contributed by atoms with Gasteiger partial charge in [0, 0.05) is 6.04 Å². The van der Waals surface area contributed by atoms with Crippen molar-refractivity contribution in [1.82, 2.24) is 0 Å². The predicted octanol–water partition coefficient (Wildman–Crippen LogP) is 0.615. The second-order valence-electron chi connectivity index (χ2n) is 3.36. The molecule has 0 spiro atoms. The Hall–Kier alpha value is -0.870. The Morgan fingerprint density at radius 1 is 1.31 bits per heavy atom. The fourth-order valence-electron chi connectivity index (χ4n) is 1.69. The zero-order chi connectivity index (χ0) is 9.47. The summed E-state index contributed by atoms with van der Waals surface area (Å²) in [5.74, 6) is 0.209. The summed E-state index contributed by atoms with van der Waals surface area (Å²) < 4.78 is 22.7. The number of sulfone groups is 1. The molecule has 1 aromatic carbocycles. The van der Waals surface area contributed by atoms with Gasteiger partial charge in [-0.3, -0.25) is 0 Å². The molecule has 1 heterocycles. The first kappa shape index (κ1) is 8.72. The average molecular weight is 197 g/mol. The first-order chi connectivity index (χ1) is 6.08. The molecule has 13 heavy (non-hydrogen) atoms. The highest BCUT2D eigenvalue weighted by molar-refractivity contribution is 7.90. The molecule has 0 unspecified atom stereocenters. The Bertz CT molecular complexity index is 425. The molecule has 0 aromatic heterocycles. The molecule has 0 saturated heterocycles. The lowest BCUT2D eigenvalue weighted by molar-refractivity contribution is 0.582. The van der Waals surface area contributed by atoms with Crippen LogP contribution in [0.2, 0.25) is 0 Å². The minimum atomic E-state index is -2.97. The fraction of sp³-hybridized carbons (Fsp3) is 0.333. The van der Waals surface area contributed by atoms with E-state index < -0.39 is 9.84 Å². The van der Waals surface area contributed by atoms with Crippen molar-refractivity contribution in [1.29, 1.82) is 0 Å². The molecule has 0 saturated carbocycles. The van der Waals surface area contributed by atoms with Gasteiger partial charge in [-0.25, -0.2) is 8.42 Å². The van der Waals surface area contributed by atoms with Crippen LogP contribution in [0.15, 0.2) is 24.3 Å². The van der Waals surface area contributed by atoms with Crippen molar-refractivity contribution >= 4 is 9.84 Å². The Morgan fingerprint density at radius 3 is 2.77 bits per heavy atom. The Kier molecular flexibility index (Phi) is 1.89. The van der Waals surface area contributed by atoms with Crippen LogP contribution in [0, 0.1) is 0 Å². The monoisotopic (exact) mass is 197 g/mol. The molecule has 3 nitrogen and oxygen atoms in total. The van der Waals surface area contributed by atoms with E-state index in [1.165, 1.54) is 0 Å². The van der Waals surface area contributed by atoms with Gasteiger partial charge in [-0.2, -0.15) is 0 Å². The van der Waals surface area contributed by atoms with Gasteiger partial charge < -0.3 is 5.73 Å². The molecule has 1 aliphatic rings. The van der Waals surface area contributed by atoms with E-state index >= 15 is 0 Å². The molecule has 0 amide bonds. The zero-order valence-electron chi connectivity index (χ0n) is 7.10. The topological polar surface area (TPSA) is 60.2 Å².